The molecule has 1 rings (SSSR count). The molecule has 0 aliphatic rings. The van der Waals surface area contributed by atoms with Crippen LogP contribution < -0.4 is 5.56 Å². The first-order valence-electron chi connectivity index (χ1n) is 4.89. The van der Waals surface area contributed by atoms with Gasteiger partial charge in [-0.15, -0.1) is 0 Å². The third-order valence-electron chi connectivity index (χ3n) is 2.54. The quantitative estimate of drug-likeness (QED) is 0.698. The molecule has 1 aromatic heterocycles. The van der Waals surface area contributed by atoms with Crippen LogP contribution in [0, 0.1) is 0 Å². The summed E-state index contributed by atoms with van der Waals surface area (Å²) >= 11 is 0. The van der Waals surface area contributed by atoms with Crippen LogP contribution in [0.4, 0.5) is 0 Å². The molecule has 72 valence electrons. The summed E-state index contributed by atoms with van der Waals surface area (Å²) in [6, 6.07) is 3.79. The van der Waals surface area contributed by atoms with Gasteiger partial charge in [0.2, 0.25) is 0 Å². The van der Waals surface area contributed by atoms with Crippen molar-refractivity contribution >= 4 is 0 Å². The lowest BCUT2D eigenvalue weighted by molar-refractivity contribution is 0.695. The minimum Gasteiger partial charge on any atom is -0.316 e. The van der Waals surface area contributed by atoms with Gasteiger partial charge in [-0.2, -0.15) is 0 Å². The van der Waals surface area contributed by atoms with E-state index in [9.17, 15) is 4.79 Å². The second-order valence-corrected chi connectivity index (χ2v) is 3.39. The Bertz CT molecular complexity index is 327. The molecular weight excluding hydrogens is 162 g/mol. The summed E-state index contributed by atoms with van der Waals surface area (Å²) < 4.78 is 1.71. The largest absolute Gasteiger partial charge is 0.316 e. The van der Waals surface area contributed by atoms with E-state index in [2.05, 4.69) is 13.8 Å². The zero-order valence-electron chi connectivity index (χ0n) is 8.58. The molecule has 0 saturated carbocycles. The maximum Gasteiger partial charge on any atom is 0.250 e. The molecule has 13 heavy (non-hydrogen) atoms. The van der Waals surface area contributed by atoms with Gasteiger partial charge in [-0.1, -0.05) is 13.8 Å². The van der Waals surface area contributed by atoms with Gasteiger partial charge in [0.15, 0.2) is 0 Å². The van der Waals surface area contributed by atoms with Gasteiger partial charge in [0.25, 0.3) is 5.56 Å². The van der Waals surface area contributed by atoms with Crippen LogP contribution in [-0.2, 0) is 6.54 Å². The zero-order valence-corrected chi connectivity index (χ0v) is 8.58. The SMILES string of the molecule is CCC(C)c1ccn(CC)c(=O)c1. The van der Waals surface area contributed by atoms with E-state index >= 15 is 0 Å². The Balaban J connectivity index is 3.03. The smallest absolute Gasteiger partial charge is 0.250 e. The van der Waals surface area contributed by atoms with Crippen LogP contribution >= 0.6 is 0 Å². The maximum absolute atomic E-state index is 11.5. The van der Waals surface area contributed by atoms with E-state index in [1.807, 2.05) is 19.2 Å². The summed E-state index contributed by atoms with van der Waals surface area (Å²) in [5.41, 5.74) is 1.26. The molecule has 1 aromatic rings. The number of pyridine rings is 1. The summed E-state index contributed by atoms with van der Waals surface area (Å²) in [7, 11) is 0. The lowest BCUT2D eigenvalue weighted by Crippen LogP contribution is -2.18. The second-order valence-electron chi connectivity index (χ2n) is 3.39. The lowest BCUT2D eigenvalue weighted by atomic mass is 10.0. The minimum absolute atomic E-state index is 0.111. The van der Waals surface area contributed by atoms with Crippen LogP contribution in [0.5, 0.6) is 0 Å². The first-order chi connectivity index (χ1) is 6.19. The van der Waals surface area contributed by atoms with Crippen molar-refractivity contribution in [3.63, 3.8) is 0 Å². The fraction of sp³-hybridized carbons (Fsp3) is 0.545. The van der Waals surface area contributed by atoms with E-state index in [-0.39, 0.29) is 5.56 Å². The molecule has 1 atom stereocenters. The molecule has 0 radical (unpaired) electrons. The molecular formula is C11H17NO. The van der Waals surface area contributed by atoms with Gasteiger partial charge in [0, 0.05) is 18.8 Å². The zero-order chi connectivity index (χ0) is 9.84. The van der Waals surface area contributed by atoms with E-state index in [1.165, 1.54) is 0 Å². The Kier molecular flexibility index (Phi) is 3.29. The van der Waals surface area contributed by atoms with Crippen LogP contribution in [0.25, 0.3) is 0 Å². The molecule has 0 amide bonds. The van der Waals surface area contributed by atoms with Crippen LogP contribution in [0.3, 0.4) is 0 Å². The molecule has 2 nitrogen and oxygen atoms in total. The predicted molar refractivity (Wildman–Crippen MR) is 55.1 cm³/mol. The third kappa shape index (κ3) is 2.20. The average molecular weight is 179 g/mol. The Labute approximate surface area is 79.2 Å². The van der Waals surface area contributed by atoms with Crippen LogP contribution in [-0.4, -0.2) is 4.57 Å². The highest BCUT2D eigenvalue weighted by Crippen LogP contribution is 2.15. The van der Waals surface area contributed by atoms with Crippen molar-refractivity contribution in [2.24, 2.45) is 0 Å². The van der Waals surface area contributed by atoms with Crippen LogP contribution in [0.2, 0.25) is 0 Å². The fourth-order valence-electron chi connectivity index (χ4n) is 1.33. The Morgan fingerprint density at radius 1 is 1.46 bits per heavy atom. The van der Waals surface area contributed by atoms with E-state index in [0.717, 1.165) is 18.5 Å². The molecule has 1 unspecified atom stereocenters. The van der Waals surface area contributed by atoms with Crippen molar-refractivity contribution in [1.82, 2.24) is 4.57 Å². The highest BCUT2D eigenvalue weighted by Gasteiger charge is 2.03. The third-order valence-corrected chi connectivity index (χ3v) is 2.54. The number of aromatic nitrogens is 1. The number of nitrogens with zero attached hydrogens (tertiary/aromatic N) is 1. The highest BCUT2D eigenvalue weighted by molar-refractivity contribution is 5.15. The van der Waals surface area contributed by atoms with Crippen molar-refractivity contribution in [3.05, 3.63) is 34.2 Å². The number of hydrogen-bond acceptors (Lipinski definition) is 1. The van der Waals surface area contributed by atoms with Crippen molar-refractivity contribution in [2.75, 3.05) is 0 Å². The molecule has 2 heteroatoms. The first kappa shape index (κ1) is 10.0. The van der Waals surface area contributed by atoms with E-state index in [4.69, 9.17) is 0 Å². The van der Waals surface area contributed by atoms with Gasteiger partial charge in [-0.25, -0.2) is 0 Å². The molecule has 0 aliphatic carbocycles. The summed E-state index contributed by atoms with van der Waals surface area (Å²) in [4.78, 5) is 11.5. The highest BCUT2D eigenvalue weighted by atomic mass is 16.1. The molecule has 0 bridgehead atoms. The molecule has 1 heterocycles. The molecule has 0 spiro atoms. The topological polar surface area (TPSA) is 22.0 Å². The van der Waals surface area contributed by atoms with Gasteiger partial charge in [-0.3, -0.25) is 4.79 Å². The van der Waals surface area contributed by atoms with E-state index < -0.39 is 0 Å². The standard InChI is InChI=1S/C11H17NO/c1-4-9(3)10-6-7-12(5-2)11(13)8-10/h6-9H,4-5H2,1-3H3. The van der Waals surface area contributed by atoms with Crippen molar-refractivity contribution in [2.45, 2.75) is 39.7 Å². The number of hydrogen-bond donors (Lipinski definition) is 0. The Hall–Kier alpha value is -1.05. The first-order valence-corrected chi connectivity index (χ1v) is 4.89. The Morgan fingerprint density at radius 3 is 2.62 bits per heavy atom. The van der Waals surface area contributed by atoms with Crippen LogP contribution in [0.1, 0.15) is 38.7 Å². The van der Waals surface area contributed by atoms with Crippen molar-refractivity contribution in [3.8, 4) is 0 Å². The molecule has 0 aromatic carbocycles. The number of aryl methyl sites for hydroxylation is 1. The van der Waals surface area contributed by atoms with Gasteiger partial charge in [-0.05, 0) is 30.9 Å². The summed E-state index contributed by atoms with van der Waals surface area (Å²) in [6.45, 7) is 7.00. The minimum atomic E-state index is 0.111. The van der Waals surface area contributed by atoms with E-state index in [1.54, 1.807) is 10.6 Å². The normalized spacial score (nSPS) is 12.8. The van der Waals surface area contributed by atoms with Gasteiger partial charge in [0.05, 0.1) is 0 Å². The van der Waals surface area contributed by atoms with Crippen LogP contribution in [0.15, 0.2) is 23.1 Å². The van der Waals surface area contributed by atoms with Gasteiger partial charge < -0.3 is 4.57 Å². The maximum atomic E-state index is 11.5. The van der Waals surface area contributed by atoms with Crippen molar-refractivity contribution in [1.29, 1.82) is 0 Å². The Morgan fingerprint density at radius 2 is 2.15 bits per heavy atom. The summed E-state index contributed by atoms with van der Waals surface area (Å²) in [6.07, 6.45) is 2.96. The summed E-state index contributed by atoms with van der Waals surface area (Å²) in [5.74, 6) is 0.485. The molecule has 0 saturated heterocycles. The molecule has 0 fully saturated rings. The van der Waals surface area contributed by atoms with E-state index in [0.29, 0.717) is 5.92 Å². The van der Waals surface area contributed by atoms with Gasteiger partial charge >= 0.3 is 0 Å². The lowest BCUT2D eigenvalue weighted by Gasteiger charge is -2.09. The fourth-order valence-corrected chi connectivity index (χ4v) is 1.33. The summed E-state index contributed by atoms with van der Waals surface area (Å²) in [5, 5.41) is 0. The molecule has 0 N–H and O–H groups in total. The predicted octanol–water partition coefficient (Wildman–Crippen LogP) is 2.38. The molecule has 0 aliphatic heterocycles. The second kappa shape index (κ2) is 4.26. The average Bonchev–Trinajstić information content (AvgIpc) is 2.16. The van der Waals surface area contributed by atoms with Gasteiger partial charge in [0.1, 0.15) is 0 Å². The monoisotopic (exact) mass is 179 g/mol. The number of rotatable bonds is 3. The van der Waals surface area contributed by atoms with Crippen molar-refractivity contribution < 1.29 is 0 Å².